The topological polar surface area (TPSA) is 114 Å². The molecular formula is C26H27N7O3S. The van der Waals surface area contributed by atoms with E-state index in [1.54, 1.807) is 36.3 Å². The number of aryl methyl sites for hydroxylation is 1. The lowest BCUT2D eigenvalue weighted by Crippen LogP contribution is -2.31. The van der Waals surface area contributed by atoms with Crippen LogP contribution in [0.2, 0.25) is 0 Å². The molecule has 1 saturated heterocycles. The van der Waals surface area contributed by atoms with E-state index < -0.39 is 0 Å². The Morgan fingerprint density at radius 2 is 2.05 bits per heavy atom. The third kappa shape index (κ3) is 4.67. The van der Waals surface area contributed by atoms with Gasteiger partial charge >= 0.3 is 0 Å². The van der Waals surface area contributed by atoms with E-state index in [-0.39, 0.29) is 11.8 Å². The smallest absolute Gasteiger partial charge is 0.260 e. The minimum atomic E-state index is -0.304. The second-order valence-corrected chi connectivity index (χ2v) is 10.8. The van der Waals surface area contributed by atoms with Gasteiger partial charge < -0.3 is 15.4 Å². The SMILES string of the molecule is COc1ncccc1-c1cn2ncc(C(=O)Nc3cc(NC(=O)CN4CCC5(CC5)C4)cnc3C)c2s1. The first-order valence-corrected chi connectivity index (χ1v) is 13.0. The molecule has 2 N–H and O–H groups in total. The highest BCUT2D eigenvalue weighted by Gasteiger charge is 2.47. The summed E-state index contributed by atoms with van der Waals surface area (Å²) in [6.07, 6.45) is 10.4. The third-order valence-electron chi connectivity index (χ3n) is 7.13. The van der Waals surface area contributed by atoms with Gasteiger partial charge in [-0.2, -0.15) is 5.10 Å². The van der Waals surface area contributed by atoms with Crippen molar-refractivity contribution in [3.63, 3.8) is 0 Å². The highest BCUT2D eigenvalue weighted by molar-refractivity contribution is 7.21. The molecule has 0 unspecified atom stereocenters. The van der Waals surface area contributed by atoms with Crippen LogP contribution in [0.15, 0.2) is 43.0 Å². The van der Waals surface area contributed by atoms with Crippen LogP contribution in [0, 0.1) is 12.3 Å². The Balaban J connectivity index is 1.16. The molecule has 1 saturated carbocycles. The molecule has 2 fully saturated rings. The first-order valence-electron chi connectivity index (χ1n) is 12.2. The molecule has 5 heterocycles. The molecule has 1 spiro atoms. The van der Waals surface area contributed by atoms with Gasteiger partial charge in [0.2, 0.25) is 11.8 Å². The maximum atomic E-state index is 13.2. The highest BCUT2D eigenvalue weighted by atomic mass is 32.1. The van der Waals surface area contributed by atoms with Gasteiger partial charge in [0.25, 0.3) is 5.91 Å². The molecule has 1 aliphatic carbocycles. The van der Waals surface area contributed by atoms with E-state index in [0.717, 1.165) is 23.5 Å². The normalized spacial score (nSPS) is 16.3. The summed E-state index contributed by atoms with van der Waals surface area (Å²) in [5.74, 6) is 0.132. The first kappa shape index (κ1) is 23.6. The predicted octanol–water partition coefficient (Wildman–Crippen LogP) is 3.85. The summed E-state index contributed by atoms with van der Waals surface area (Å²) >= 11 is 1.43. The molecule has 6 rings (SSSR count). The lowest BCUT2D eigenvalue weighted by molar-refractivity contribution is -0.117. The van der Waals surface area contributed by atoms with E-state index in [1.165, 1.54) is 30.6 Å². The summed E-state index contributed by atoms with van der Waals surface area (Å²) in [4.78, 5) is 38.3. The van der Waals surface area contributed by atoms with E-state index in [0.29, 0.717) is 45.3 Å². The van der Waals surface area contributed by atoms with Gasteiger partial charge in [-0.15, -0.1) is 11.3 Å². The number of ether oxygens (including phenoxy) is 1. The second kappa shape index (κ2) is 9.24. The molecule has 37 heavy (non-hydrogen) atoms. The van der Waals surface area contributed by atoms with Crippen LogP contribution in [-0.4, -0.2) is 63.0 Å². The van der Waals surface area contributed by atoms with Gasteiger partial charge in [0.1, 0.15) is 4.83 Å². The monoisotopic (exact) mass is 517 g/mol. The molecule has 2 aliphatic rings. The van der Waals surface area contributed by atoms with Gasteiger partial charge in [0.15, 0.2) is 0 Å². The van der Waals surface area contributed by atoms with Gasteiger partial charge in [-0.3, -0.25) is 19.5 Å². The number of nitrogens with zero attached hydrogens (tertiary/aromatic N) is 5. The Morgan fingerprint density at radius 1 is 1.19 bits per heavy atom. The zero-order chi connectivity index (χ0) is 25.6. The van der Waals surface area contributed by atoms with Gasteiger partial charge in [-0.1, -0.05) is 0 Å². The van der Waals surface area contributed by atoms with Gasteiger partial charge in [0.05, 0.1) is 59.1 Å². The van der Waals surface area contributed by atoms with Crippen molar-refractivity contribution in [3.8, 4) is 16.3 Å². The van der Waals surface area contributed by atoms with Crippen molar-refractivity contribution >= 4 is 39.4 Å². The summed E-state index contributed by atoms with van der Waals surface area (Å²) < 4.78 is 7.05. The predicted molar refractivity (Wildman–Crippen MR) is 141 cm³/mol. The number of carbonyl (C=O) groups is 2. The molecule has 0 radical (unpaired) electrons. The minimum absolute atomic E-state index is 0.0732. The summed E-state index contributed by atoms with van der Waals surface area (Å²) in [6, 6.07) is 5.50. The fourth-order valence-corrected chi connectivity index (χ4v) is 5.95. The van der Waals surface area contributed by atoms with Crippen molar-refractivity contribution in [2.24, 2.45) is 5.41 Å². The van der Waals surface area contributed by atoms with Crippen LogP contribution >= 0.6 is 11.3 Å². The molecular weight excluding hydrogens is 490 g/mol. The van der Waals surface area contributed by atoms with Crippen molar-refractivity contribution in [1.29, 1.82) is 0 Å². The number of nitrogens with one attached hydrogen (secondary N) is 2. The lowest BCUT2D eigenvalue weighted by Gasteiger charge is -2.16. The van der Waals surface area contributed by atoms with Crippen LogP contribution in [0.3, 0.4) is 0 Å². The van der Waals surface area contributed by atoms with Crippen LogP contribution in [0.1, 0.15) is 35.3 Å². The summed E-state index contributed by atoms with van der Waals surface area (Å²) in [5, 5.41) is 10.2. The van der Waals surface area contributed by atoms with Crippen LogP contribution < -0.4 is 15.4 Å². The van der Waals surface area contributed by atoms with Gasteiger partial charge in [0, 0.05) is 18.9 Å². The van der Waals surface area contributed by atoms with E-state index in [4.69, 9.17) is 4.74 Å². The van der Waals surface area contributed by atoms with Crippen LogP contribution in [0.4, 0.5) is 11.4 Å². The Morgan fingerprint density at radius 3 is 2.84 bits per heavy atom. The Hall–Kier alpha value is -3.83. The quantitative estimate of drug-likeness (QED) is 0.383. The summed E-state index contributed by atoms with van der Waals surface area (Å²) in [5.41, 5.74) is 3.49. The van der Waals surface area contributed by atoms with Crippen molar-refractivity contribution < 1.29 is 14.3 Å². The average Bonchev–Trinajstić information content (AvgIpc) is 3.17. The maximum absolute atomic E-state index is 13.2. The molecule has 10 nitrogen and oxygen atoms in total. The number of amides is 2. The lowest BCUT2D eigenvalue weighted by atomic mass is 10.1. The van der Waals surface area contributed by atoms with E-state index >= 15 is 0 Å². The molecule has 2 amide bonds. The van der Waals surface area contributed by atoms with Crippen molar-refractivity contribution in [1.82, 2.24) is 24.5 Å². The Kier molecular flexibility index (Phi) is 5.88. The molecule has 0 aromatic carbocycles. The molecule has 0 bridgehead atoms. The number of fused-ring (bicyclic) bond motifs is 1. The zero-order valence-electron chi connectivity index (χ0n) is 20.7. The number of likely N-dealkylation sites (tertiary alicyclic amines) is 1. The van der Waals surface area contributed by atoms with E-state index in [2.05, 4.69) is 30.6 Å². The molecule has 11 heteroatoms. The van der Waals surface area contributed by atoms with E-state index in [1.807, 2.05) is 25.3 Å². The fourth-order valence-electron chi connectivity index (χ4n) is 4.88. The maximum Gasteiger partial charge on any atom is 0.260 e. The van der Waals surface area contributed by atoms with E-state index in [9.17, 15) is 9.59 Å². The number of methoxy groups -OCH3 is 1. The fraction of sp³-hybridized carbons (Fsp3) is 0.346. The number of hydrogen-bond acceptors (Lipinski definition) is 8. The number of anilines is 2. The largest absolute Gasteiger partial charge is 0.481 e. The summed E-state index contributed by atoms with van der Waals surface area (Å²) in [6.45, 7) is 4.16. The average molecular weight is 518 g/mol. The van der Waals surface area contributed by atoms with Crippen LogP contribution in [0.25, 0.3) is 15.3 Å². The van der Waals surface area contributed by atoms with Crippen LogP contribution in [0.5, 0.6) is 5.88 Å². The van der Waals surface area contributed by atoms with Crippen molar-refractivity contribution in [2.45, 2.75) is 26.2 Å². The summed E-state index contributed by atoms with van der Waals surface area (Å²) in [7, 11) is 1.58. The molecule has 4 aromatic heterocycles. The molecule has 0 atom stereocenters. The Labute approximate surface area is 217 Å². The molecule has 190 valence electrons. The zero-order valence-corrected chi connectivity index (χ0v) is 21.5. The van der Waals surface area contributed by atoms with Crippen molar-refractivity contribution in [3.05, 3.63) is 54.2 Å². The number of pyridine rings is 2. The number of thiazole rings is 1. The molecule has 4 aromatic rings. The highest BCUT2D eigenvalue weighted by Crippen LogP contribution is 2.52. The second-order valence-electron chi connectivity index (χ2n) is 9.78. The van der Waals surface area contributed by atoms with Crippen molar-refractivity contribution in [2.75, 3.05) is 37.4 Å². The van der Waals surface area contributed by atoms with Crippen LogP contribution in [-0.2, 0) is 4.79 Å². The number of hydrogen-bond donors (Lipinski definition) is 2. The number of aromatic nitrogens is 4. The Bertz CT molecular complexity index is 1510. The number of rotatable bonds is 7. The third-order valence-corrected chi connectivity index (χ3v) is 8.28. The first-order chi connectivity index (χ1) is 17.9. The minimum Gasteiger partial charge on any atom is -0.481 e. The molecule has 1 aliphatic heterocycles. The van der Waals surface area contributed by atoms with Gasteiger partial charge in [-0.25, -0.2) is 9.50 Å². The van der Waals surface area contributed by atoms with Gasteiger partial charge in [-0.05, 0) is 56.3 Å². The standard InChI is InChI=1S/C26H27N7O3S/c1-16-20(10-17(11-28-16)30-22(34)14-32-9-7-26(15-32)5-6-26)31-23(35)19-12-29-33-13-21(37-25(19)33)18-4-3-8-27-24(18)36-2/h3-4,8,10-13H,5-7,9,14-15H2,1-2H3,(H,30,34)(H,31,35). The number of carbonyl (C=O) groups excluding carboxylic acids is 2.